The van der Waals surface area contributed by atoms with Gasteiger partial charge in [-0.1, -0.05) is 78.0 Å². The van der Waals surface area contributed by atoms with Crippen molar-refractivity contribution >= 4 is 28.9 Å². The molecule has 0 N–H and O–H groups in total. The molecule has 4 aromatic rings. The number of carbonyl (C=O) groups is 2. The number of oxime groups is 1. The van der Waals surface area contributed by atoms with E-state index in [-0.39, 0.29) is 25.2 Å². The topological polar surface area (TPSA) is 80.7 Å². The number of amides is 1. The molecule has 1 aromatic heterocycles. The maximum Gasteiger partial charge on any atom is 0.347 e. The van der Waals surface area contributed by atoms with Gasteiger partial charge in [0.05, 0.1) is 18.4 Å². The SMILES string of the molecule is CCOC(=O)CON=C(C)c1ccc(-c2cccc(OCC(=O)N3CCN(C(c4ccccc4)c4cccs4)CC3)c2)cc1. The normalized spacial score (nSPS) is 14.6. The van der Waals surface area contributed by atoms with Crippen LogP contribution in [0.15, 0.2) is 102 Å². The van der Waals surface area contributed by atoms with Crippen molar-refractivity contribution in [3.8, 4) is 16.9 Å². The second kappa shape index (κ2) is 15.3. The zero-order valence-corrected chi connectivity index (χ0v) is 25.9. The molecule has 1 amide bonds. The number of benzene rings is 3. The first-order chi connectivity index (χ1) is 21.5. The fraction of sp³-hybridized carbons (Fsp3) is 0.286. The standard InChI is InChI=1S/C35H37N3O5S/c1-3-41-34(40)25-43-36-26(2)27-14-16-28(17-15-27)30-11-7-12-31(23-30)42-24-33(39)37-18-20-38(21-19-37)35(32-13-8-22-44-32)29-9-5-4-6-10-29/h4-17,22-23,35H,3,18-21,24-25H2,1-2H3. The first-order valence-electron chi connectivity index (χ1n) is 14.8. The molecule has 1 unspecified atom stereocenters. The first kappa shape index (κ1) is 31.0. The van der Waals surface area contributed by atoms with Crippen LogP contribution in [0, 0.1) is 0 Å². The number of nitrogens with zero attached hydrogens (tertiary/aromatic N) is 3. The Morgan fingerprint density at radius 1 is 0.864 bits per heavy atom. The van der Waals surface area contributed by atoms with Gasteiger partial charge in [0.1, 0.15) is 5.75 Å². The van der Waals surface area contributed by atoms with Crippen LogP contribution in [-0.2, 0) is 19.2 Å². The number of carbonyl (C=O) groups excluding carboxylic acids is 2. The van der Waals surface area contributed by atoms with Crippen LogP contribution < -0.4 is 4.74 Å². The van der Waals surface area contributed by atoms with Gasteiger partial charge < -0.3 is 19.2 Å². The molecule has 8 nitrogen and oxygen atoms in total. The molecular weight excluding hydrogens is 574 g/mol. The third-order valence-electron chi connectivity index (χ3n) is 7.48. The minimum atomic E-state index is -0.451. The largest absolute Gasteiger partial charge is 0.484 e. The van der Waals surface area contributed by atoms with Crippen molar-refractivity contribution in [2.45, 2.75) is 19.9 Å². The summed E-state index contributed by atoms with van der Waals surface area (Å²) in [5, 5.41) is 6.13. The van der Waals surface area contributed by atoms with E-state index in [2.05, 4.69) is 51.8 Å². The van der Waals surface area contributed by atoms with E-state index in [1.165, 1.54) is 10.4 Å². The Kier molecular flexibility index (Phi) is 10.8. The number of thiophene rings is 1. The predicted octanol–water partition coefficient (Wildman–Crippen LogP) is 6.03. The summed E-state index contributed by atoms with van der Waals surface area (Å²) in [6, 6.07) is 30.7. The lowest BCUT2D eigenvalue weighted by atomic mass is 10.0. The number of hydrogen-bond donors (Lipinski definition) is 0. The summed E-state index contributed by atoms with van der Waals surface area (Å²) in [6.45, 7) is 6.57. The molecule has 0 saturated carbocycles. The van der Waals surface area contributed by atoms with E-state index in [9.17, 15) is 9.59 Å². The van der Waals surface area contributed by atoms with E-state index >= 15 is 0 Å². The van der Waals surface area contributed by atoms with Crippen LogP contribution in [0.4, 0.5) is 0 Å². The molecule has 0 radical (unpaired) electrons. The summed E-state index contributed by atoms with van der Waals surface area (Å²) >= 11 is 1.77. The van der Waals surface area contributed by atoms with Crippen molar-refractivity contribution in [2.24, 2.45) is 5.16 Å². The van der Waals surface area contributed by atoms with Crippen LogP contribution in [0.5, 0.6) is 5.75 Å². The van der Waals surface area contributed by atoms with Crippen LogP contribution in [-0.4, -0.2) is 73.4 Å². The van der Waals surface area contributed by atoms with Gasteiger partial charge >= 0.3 is 5.97 Å². The second-order valence-electron chi connectivity index (χ2n) is 10.4. The molecule has 1 aliphatic heterocycles. The molecule has 44 heavy (non-hydrogen) atoms. The van der Waals surface area contributed by atoms with Gasteiger partial charge in [0.15, 0.2) is 6.61 Å². The van der Waals surface area contributed by atoms with E-state index in [1.807, 2.05) is 66.4 Å². The Bertz CT molecular complexity index is 1530. The summed E-state index contributed by atoms with van der Waals surface area (Å²) in [4.78, 5) is 35.3. The van der Waals surface area contributed by atoms with Crippen LogP contribution in [0.3, 0.4) is 0 Å². The van der Waals surface area contributed by atoms with Gasteiger partial charge in [-0.05, 0) is 59.7 Å². The fourth-order valence-corrected chi connectivity index (χ4v) is 6.10. The lowest BCUT2D eigenvalue weighted by Gasteiger charge is -2.39. The van der Waals surface area contributed by atoms with Crippen LogP contribution in [0.25, 0.3) is 11.1 Å². The van der Waals surface area contributed by atoms with Gasteiger partial charge in [0.2, 0.25) is 6.61 Å². The highest BCUT2D eigenvalue weighted by molar-refractivity contribution is 7.10. The molecule has 0 bridgehead atoms. The lowest BCUT2D eigenvalue weighted by molar-refractivity contribution is -0.148. The second-order valence-corrected chi connectivity index (χ2v) is 11.4. The molecule has 228 valence electrons. The number of hydrogen-bond acceptors (Lipinski definition) is 8. The third kappa shape index (κ3) is 8.12. The van der Waals surface area contributed by atoms with Gasteiger partial charge in [-0.25, -0.2) is 4.79 Å². The van der Waals surface area contributed by atoms with E-state index in [1.54, 1.807) is 18.3 Å². The van der Waals surface area contributed by atoms with Crippen molar-refractivity contribution in [3.63, 3.8) is 0 Å². The smallest absolute Gasteiger partial charge is 0.347 e. The molecule has 2 heterocycles. The first-order valence-corrected chi connectivity index (χ1v) is 15.7. The number of piperazine rings is 1. The molecule has 0 spiro atoms. The maximum absolute atomic E-state index is 13.1. The molecule has 3 aromatic carbocycles. The van der Waals surface area contributed by atoms with Crippen LogP contribution in [0.2, 0.25) is 0 Å². The van der Waals surface area contributed by atoms with Crippen LogP contribution >= 0.6 is 11.3 Å². The molecule has 1 fully saturated rings. The zero-order chi connectivity index (χ0) is 30.7. The fourth-order valence-electron chi connectivity index (χ4n) is 5.21. The molecular formula is C35H37N3O5S. The molecule has 0 aliphatic carbocycles. The summed E-state index contributed by atoms with van der Waals surface area (Å²) in [5.74, 6) is 0.185. The minimum absolute atomic E-state index is 0.00309. The molecule has 1 aliphatic rings. The quantitative estimate of drug-likeness (QED) is 0.111. The Balaban J connectivity index is 1.13. The average Bonchev–Trinajstić information content (AvgIpc) is 3.59. The molecule has 1 atom stereocenters. The monoisotopic (exact) mass is 611 g/mol. The highest BCUT2D eigenvalue weighted by Crippen LogP contribution is 2.32. The Labute approximate surface area is 262 Å². The number of ether oxygens (including phenoxy) is 2. The maximum atomic E-state index is 13.1. The summed E-state index contributed by atoms with van der Waals surface area (Å²) in [5.41, 5.74) is 4.78. The Morgan fingerprint density at radius 3 is 2.34 bits per heavy atom. The van der Waals surface area contributed by atoms with E-state index < -0.39 is 5.97 Å². The molecule has 9 heteroatoms. The Morgan fingerprint density at radius 2 is 1.64 bits per heavy atom. The van der Waals surface area contributed by atoms with Crippen molar-refractivity contribution in [1.29, 1.82) is 0 Å². The van der Waals surface area contributed by atoms with Crippen molar-refractivity contribution in [2.75, 3.05) is 46.0 Å². The molecule has 1 saturated heterocycles. The van der Waals surface area contributed by atoms with E-state index in [0.29, 0.717) is 31.2 Å². The van der Waals surface area contributed by atoms with Crippen molar-refractivity contribution < 1.29 is 23.9 Å². The highest BCUT2D eigenvalue weighted by Gasteiger charge is 2.28. The Hall–Kier alpha value is -4.47. The van der Waals surface area contributed by atoms with Crippen molar-refractivity contribution in [3.05, 3.63) is 112 Å². The molecule has 5 rings (SSSR count). The number of rotatable bonds is 12. The van der Waals surface area contributed by atoms with Gasteiger partial charge in [-0.2, -0.15) is 0 Å². The van der Waals surface area contributed by atoms with Gasteiger partial charge in [-0.15, -0.1) is 11.3 Å². The van der Waals surface area contributed by atoms with Gasteiger partial charge in [-0.3, -0.25) is 9.69 Å². The highest BCUT2D eigenvalue weighted by atomic mass is 32.1. The third-order valence-corrected chi connectivity index (χ3v) is 8.41. The minimum Gasteiger partial charge on any atom is -0.484 e. The average molecular weight is 612 g/mol. The summed E-state index contributed by atoms with van der Waals surface area (Å²) in [6.07, 6.45) is 0. The van der Waals surface area contributed by atoms with E-state index in [4.69, 9.17) is 14.3 Å². The van der Waals surface area contributed by atoms with Gasteiger partial charge in [0.25, 0.3) is 5.91 Å². The van der Waals surface area contributed by atoms with Crippen LogP contribution in [0.1, 0.15) is 35.9 Å². The predicted molar refractivity (Wildman–Crippen MR) is 173 cm³/mol. The zero-order valence-electron chi connectivity index (χ0n) is 25.1. The van der Waals surface area contributed by atoms with E-state index in [0.717, 1.165) is 29.8 Å². The summed E-state index contributed by atoms with van der Waals surface area (Å²) < 4.78 is 10.8. The van der Waals surface area contributed by atoms with Gasteiger partial charge in [0, 0.05) is 31.1 Å². The number of esters is 1. The summed E-state index contributed by atoms with van der Waals surface area (Å²) in [7, 11) is 0. The van der Waals surface area contributed by atoms with Crippen molar-refractivity contribution in [1.82, 2.24) is 9.80 Å². The lowest BCUT2D eigenvalue weighted by Crippen LogP contribution is -2.50.